The summed E-state index contributed by atoms with van der Waals surface area (Å²) in [5, 5.41) is 12.5. The Hall–Kier alpha value is -4.76. The second-order valence-electron chi connectivity index (χ2n) is 12.4. The molecule has 2 heterocycles. The minimum Gasteiger partial charge on any atom is -0.349 e. The predicted molar refractivity (Wildman–Crippen MR) is 176 cm³/mol. The molecule has 44 heavy (non-hydrogen) atoms. The number of carbonyl (C=O) groups excluding carboxylic acids is 2. The Labute approximate surface area is 258 Å². The maximum absolute atomic E-state index is 13.1. The van der Waals surface area contributed by atoms with E-state index in [1.807, 2.05) is 49.4 Å². The minimum absolute atomic E-state index is 0.00277. The van der Waals surface area contributed by atoms with E-state index in [1.165, 1.54) is 4.57 Å². The number of piperidine rings is 1. The van der Waals surface area contributed by atoms with Crippen molar-refractivity contribution in [1.82, 2.24) is 20.2 Å². The molecule has 1 aliphatic rings. The molecule has 5 rings (SSSR count). The van der Waals surface area contributed by atoms with Crippen LogP contribution in [0.15, 0.2) is 77.7 Å². The van der Waals surface area contributed by atoms with Gasteiger partial charge in [-0.05, 0) is 91.9 Å². The first-order valence-electron chi connectivity index (χ1n) is 15.0. The molecule has 0 spiro atoms. The molecule has 1 aliphatic heterocycles. The van der Waals surface area contributed by atoms with E-state index >= 15 is 0 Å². The third kappa shape index (κ3) is 7.06. The Morgan fingerprint density at radius 1 is 0.909 bits per heavy atom. The summed E-state index contributed by atoms with van der Waals surface area (Å²) in [5.74, 6) is -0.150. The monoisotopic (exact) mass is 592 g/mol. The van der Waals surface area contributed by atoms with Crippen LogP contribution in [0.2, 0.25) is 0 Å². The molecule has 1 saturated heterocycles. The SMILES string of the molecule is Cc1c(NC(=O)c2ccc(C(C)(C)C)cc2)cccc1-c1cn(C)c(=O)c(Nc2ccc(C(=O)NC3CCNCC3)cc2)n1. The van der Waals surface area contributed by atoms with Gasteiger partial charge in [0, 0.05) is 47.4 Å². The maximum atomic E-state index is 13.1. The van der Waals surface area contributed by atoms with Crippen molar-refractivity contribution in [1.29, 1.82) is 0 Å². The van der Waals surface area contributed by atoms with E-state index in [0.717, 1.165) is 42.6 Å². The van der Waals surface area contributed by atoms with Gasteiger partial charge in [-0.15, -0.1) is 0 Å². The Morgan fingerprint density at radius 3 is 2.20 bits per heavy atom. The second kappa shape index (κ2) is 12.9. The topological polar surface area (TPSA) is 117 Å². The van der Waals surface area contributed by atoms with Crippen LogP contribution in [-0.4, -0.2) is 40.5 Å². The second-order valence-corrected chi connectivity index (χ2v) is 12.4. The van der Waals surface area contributed by atoms with Gasteiger partial charge < -0.3 is 25.8 Å². The van der Waals surface area contributed by atoms with E-state index in [0.29, 0.717) is 28.2 Å². The summed E-state index contributed by atoms with van der Waals surface area (Å²) in [6.07, 6.45) is 3.51. The number of rotatable bonds is 7. The van der Waals surface area contributed by atoms with Gasteiger partial charge >= 0.3 is 0 Å². The average Bonchev–Trinajstić information content (AvgIpc) is 3.01. The highest BCUT2D eigenvalue weighted by Gasteiger charge is 2.18. The number of aryl methyl sites for hydroxylation is 1. The fourth-order valence-electron chi connectivity index (χ4n) is 5.26. The lowest BCUT2D eigenvalue weighted by Crippen LogP contribution is -2.42. The Balaban J connectivity index is 1.33. The van der Waals surface area contributed by atoms with Gasteiger partial charge in [0.2, 0.25) is 0 Å². The molecule has 2 amide bonds. The normalized spacial score (nSPS) is 13.8. The number of nitrogens with zero attached hydrogens (tertiary/aromatic N) is 2. The number of aromatic nitrogens is 2. The summed E-state index contributed by atoms with van der Waals surface area (Å²) in [7, 11) is 1.68. The summed E-state index contributed by atoms with van der Waals surface area (Å²) >= 11 is 0. The first-order chi connectivity index (χ1) is 21.0. The molecule has 3 aromatic carbocycles. The van der Waals surface area contributed by atoms with Crippen LogP contribution in [-0.2, 0) is 12.5 Å². The van der Waals surface area contributed by atoms with Gasteiger partial charge in [0.05, 0.1) is 5.69 Å². The first kappa shape index (κ1) is 30.7. The zero-order chi connectivity index (χ0) is 31.4. The Bertz CT molecular complexity index is 1710. The van der Waals surface area contributed by atoms with E-state index in [-0.39, 0.29) is 34.6 Å². The van der Waals surface area contributed by atoms with E-state index in [4.69, 9.17) is 0 Å². The molecule has 0 radical (unpaired) electrons. The smallest absolute Gasteiger partial charge is 0.293 e. The summed E-state index contributed by atoms with van der Waals surface area (Å²) in [4.78, 5) is 43.5. The first-order valence-corrected chi connectivity index (χ1v) is 15.0. The van der Waals surface area contributed by atoms with E-state index < -0.39 is 0 Å². The van der Waals surface area contributed by atoms with Crippen LogP contribution < -0.4 is 26.8 Å². The van der Waals surface area contributed by atoms with Gasteiger partial charge in [-0.25, -0.2) is 4.98 Å². The van der Waals surface area contributed by atoms with Crippen molar-refractivity contribution in [3.63, 3.8) is 0 Å². The number of benzene rings is 3. The van der Waals surface area contributed by atoms with Crippen molar-refractivity contribution < 1.29 is 9.59 Å². The summed E-state index contributed by atoms with van der Waals surface area (Å²) in [6.45, 7) is 10.1. The fourth-order valence-corrected chi connectivity index (χ4v) is 5.26. The molecule has 0 aliphatic carbocycles. The van der Waals surface area contributed by atoms with Gasteiger partial charge in [0.1, 0.15) is 0 Å². The molecule has 0 atom stereocenters. The molecule has 4 aromatic rings. The molecule has 0 bridgehead atoms. The molecular formula is C35H40N6O3. The Kier molecular flexibility index (Phi) is 8.96. The van der Waals surface area contributed by atoms with Gasteiger partial charge in [0.25, 0.3) is 17.4 Å². The lowest BCUT2D eigenvalue weighted by molar-refractivity contribution is 0.0929. The molecule has 9 nitrogen and oxygen atoms in total. The molecule has 228 valence electrons. The highest BCUT2D eigenvalue weighted by Crippen LogP contribution is 2.29. The van der Waals surface area contributed by atoms with Gasteiger partial charge in [0.15, 0.2) is 5.82 Å². The number of anilines is 3. The predicted octanol–water partition coefficient (Wildman–Crippen LogP) is 5.53. The molecule has 1 fully saturated rings. The molecular weight excluding hydrogens is 552 g/mol. The van der Waals surface area contributed by atoms with Crippen LogP contribution in [0.1, 0.15) is 65.5 Å². The standard InChI is InChI=1S/C35H40N6O3/c1-22-28(7-6-8-29(22)40-33(43)23-9-13-25(14-10-23)35(2,3)4)30-21-41(5)34(44)31(39-30)37-26-15-11-24(12-16-26)32(42)38-27-17-19-36-20-18-27/h6-16,21,27,36H,17-20H2,1-5H3,(H,37,39)(H,38,42)(H,40,43). The number of amides is 2. The molecule has 0 saturated carbocycles. The van der Waals surface area contributed by atoms with Gasteiger partial charge in [-0.1, -0.05) is 45.0 Å². The number of hydrogen-bond acceptors (Lipinski definition) is 6. The maximum Gasteiger partial charge on any atom is 0.293 e. The third-order valence-electron chi connectivity index (χ3n) is 8.03. The molecule has 0 unspecified atom stereocenters. The molecule has 1 aromatic heterocycles. The highest BCUT2D eigenvalue weighted by molar-refractivity contribution is 6.05. The summed E-state index contributed by atoms with van der Waals surface area (Å²) in [5.41, 5.74) is 5.50. The van der Waals surface area contributed by atoms with Crippen molar-refractivity contribution in [2.45, 2.75) is 52.0 Å². The number of nitrogens with one attached hydrogen (secondary N) is 4. The van der Waals surface area contributed by atoms with Crippen LogP contribution in [0, 0.1) is 6.92 Å². The third-order valence-corrected chi connectivity index (χ3v) is 8.03. The fraction of sp³-hybridized carbons (Fsp3) is 0.314. The van der Waals surface area contributed by atoms with Crippen LogP contribution in [0.25, 0.3) is 11.3 Å². The van der Waals surface area contributed by atoms with E-state index in [2.05, 4.69) is 47.0 Å². The van der Waals surface area contributed by atoms with Crippen LogP contribution in [0.4, 0.5) is 17.2 Å². The lowest BCUT2D eigenvalue weighted by Gasteiger charge is -2.23. The zero-order valence-electron chi connectivity index (χ0n) is 26.0. The molecule has 4 N–H and O–H groups in total. The van der Waals surface area contributed by atoms with Crippen LogP contribution >= 0.6 is 0 Å². The summed E-state index contributed by atoms with van der Waals surface area (Å²) in [6, 6.07) is 20.4. The van der Waals surface area contributed by atoms with Crippen molar-refractivity contribution in [3.8, 4) is 11.3 Å². The van der Waals surface area contributed by atoms with E-state index in [9.17, 15) is 14.4 Å². The van der Waals surface area contributed by atoms with Gasteiger partial charge in [-0.3, -0.25) is 14.4 Å². The highest BCUT2D eigenvalue weighted by atomic mass is 16.2. The van der Waals surface area contributed by atoms with Crippen molar-refractivity contribution in [2.24, 2.45) is 7.05 Å². The minimum atomic E-state index is -0.290. The average molecular weight is 593 g/mol. The number of hydrogen-bond donors (Lipinski definition) is 4. The molecule has 9 heteroatoms. The van der Waals surface area contributed by atoms with Crippen molar-refractivity contribution in [3.05, 3.63) is 106 Å². The van der Waals surface area contributed by atoms with Gasteiger partial charge in [-0.2, -0.15) is 0 Å². The van der Waals surface area contributed by atoms with Crippen LogP contribution in [0.5, 0.6) is 0 Å². The number of carbonyl (C=O) groups is 2. The summed E-state index contributed by atoms with van der Waals surface area (Å²) < 4.78 is 1.48. The largest absolute Gasteiger partial charge is 0.349 e. The van der Waals surface area contributed by atoms with Crippen LogP contribution in [0.3, 0.4) is 0 Å². The van der Waals surface area contributed by atoms with Crippen molar-refractivity contribution >= 4 is 29.0 Å². The Morgan fingerprint density at radius 2 is 1.55 bits per heavy atom. The zero-order valence-corrected chi connectivity index (χ0v) is 26.0. The quantitative estimate of drug-likeness (QED) is 0.224. The lowest BCUT2D eigenvalue weighted by atomic mass is 9.86. The van der Waals surface area contributed by atoms with Crippen molar-refractivity contribution in [2.75, 3.05) is 23.7 Å². The van der Waals surface area contributed by atoms with E-state index in [1.54, 1.807) is 37.5 Å².